The van der Waals surface area contributed by atoms with Crippen LogP contribution < -0.4 is 0 Å². The fraction of sp³-hybridized carbons (Fsp3) is 0.333. The van der Waals surface area contributed by atoms with Crippen molar-refractivity contribution < 1.29 is 9.18 Å². The molecule has 0 saturated heterocycles. The van der Waals surface area contributed by atoms with Gasteiger partial charge in [0, 0.05) is 24.9 Å². The van der Waals surface area contributed by atoms with Gasteiger partial charge in [0.25, 0.3) is 5.91 Å². The maximum Gasteiger partial charge on any atom is 0.273 e. The van der Waals surface area contributed by atoms with E-state index < -0.39 is 0 Å². The second-order valence-corrected chi connectivity index (χ2v) is 10.2. The molecule has 5 heteroatoms. The number of hydrogen-bond donors (Lipinski definition) is 0. The molecule has 0 bridgehead atoms. The molecular weight excluding hydrogens is 473 g/mol. The standard InChI is InChI=1S/C33H38FN3O/c1-7-12-24-16-17-28(30(34)19-24)29(22(3)4)21-32-35-31(20-26(8-2)36(32)6)33(38)37-18-11-14-25-13-9-10-15-27(25)23(37)5/h7,9-10,12-13,15-17,19-21,23H,8,11,14,18H2,1-6H3/b12-7+,32-21-. The Balaban J connectivity index is 1.74. The molecule has 0 radical (unpaired) electrons. The molecule has 38 heavy (non-hydrogen) atoms. The van der Waals surface area contributed by atoms with Crippen molar-refractivity contribution >= 4 is 23.3 Å². The van der Waals surface area contributed by atoms with Gasteiger partial charge >= 0.3 is 0 Å². The van der Waals surface area contributed by atoms with Crippen molar-refractivity contribution in [3.63, 3.8) is 0 Å². The van der Waals surface area contributed by atoms with Crippen molar-refractivity contribution in [3.05, 3.63) is 106 Å². The highest BCUT2D eigenvalue weighted by Crippen LogP contribution is 2.32. The SMILES string of the molecule is C/C=C/c1ccc(C(/C=C2/N=C(C(=O)N3CCCc4ccccc4C3C)C=C(CC)N2C)=C(C)C)c(F)c1. The summed E-state index contributed by atoms with van der Waals surface area (Å²) in [6.07, 6.45) is 10.2. The van der Waals surface area contributed by atoms with Gasteiger partial charge in [-0.15, -0.1) is 0 Å². The molecule has 2 aromatic rings. The summed E-state index contributed by atoms with van der Waals surface area (Å²) in [5.41, 5.74) is 7.00. The van der Waals surface area contributed by atoms with Crippen LogP contribution in [0.4, 0.5) is 4.39 Å². The topological polar surface area (TPSA) is 35.9 Å². The maximum absolute atomic E-state index is 15.2. The number of aryl methyl sites for hydroxylation is 1. The third-order valence-corrected chi connectivity index (χ3v) is 7.43. The monoisotopic (exact) mass is 511 g/mol. The van der Waals surface area contributed by atoms with Gasteiger partial charge in [0.15, 0.2) is 0 Å². The molecule has 0 spiro atoms. The van der Waals surface area contributed by atoms with Gasteiger partial charge < -0.3 is 9.80 Å². The number of hydrogen-bond acceptors (Lipinski definition) is 3. The van der Waals surface area contributed by atoms with Crippen molar-refractivity contribution in [2.24, 2.45) is 4.99 Å². The summed E-state index contributed by atoms with van der Waals surface area (Å²) in [6, 6.07) is 13.6. The van der Waals surface area contributed by atoms with E-state index in [1.54, 1.807) is 6.07 Å². The highest BCUT2D eigenvalue weighted by molar-refractivity contribution is 6.43. The van der Waals surface area contributed by atoms with E-state index in [2.05, 4.69) is 32.0 Å². The lowest BCUT2D eigenvalue weighted by Crippen LogP contribution is -2.39. The van der Waals surface area contributed by atoms with Crippen molar-refractivity contribution in [3.8, 4) is 0 Å². The molecule has 1 atom stereocenters. The van der Waals surface area contributed by atoms with Gasteiger partial charge in [-0.05, 0) is 87.4 Å². The Kier molecular flexibility index (Phi) is 8.45. The van der Waals surface area contributed by atoms with E-state index in [0.717, 1.165) is 41.7 Å². The summed E-state index contributed by atoms with van der Waals surface area (Å²) in [6.45, 7) is 10.7. The number of aliphatic imine (C=N–C) groups is 1. The van der Waals surface area contributed by atoms with E-state index in [4.69, 9.17) is 4.99 Å². The van der Waals surface area contributed by atoms with Crippen LogP contribution in [0.15, 0.2) is 82.8 Å². The smallest absolute Gasteiger partial charge is 0.273 e. The maximum atomic E-state index is 15.2. The minimum atomic E-state index is -0.282. The van der Waals surface area contributed by atoms with E-state index in [0.29, 0.717) is 23.6 Å². The Morgan fingerprint density at radius 3 is 2.63 bits per heavy atom. The average molecular weight is 512 g/mol. The Labute approximate surface area is 226 Å². The molecule has 198 valence electrons. The first-order chi connectivity index (χ1) is 18.2. The lowest BCUT2D eigenvalue weighted by Gasteiger charge is -2.31. The van der Waals surface area contributed by atoms with Crippen LogP contribution in [0, 0.1) is 5.82 Å². The second-order valence-electron chi connectivity index (χ2n) is 10.2. The second kappa shape index (κ2) is 11.8. The molecule has 2 aliphatic rings. The summed E-state index contributed by atoms with van der Waals surface area (Å²) in [4.78, 5) is 22.7. The van der Waals surface area contributed by atoms with Gasteiger partial charge in [0.1, 0.15) is 17.3 Å². The lowest BCUT2D eigenvalue weighted by molar-refractivity contribution is -0.126. The van der Waals surface area contributed by atoms with Crippen molar-refractivity contribution in [2.75, 3.05) is 13.6 Å². The number of carbonyl (C=O) groups is 1. The molecule has 2 aromatic carbocycles. The first-order valence-corrected chi connectivity index (χ1v) is 13.5. The van der Waals surface area contributed by atoms with Gasteiger partial charge in [0.2, 0.25) is 0 Å². The summed E-state index contributed by atoms with van der Waals surface area (Å²) < 4.78 is 15.2. The van der Waals surface area contributed by atoms with Crippen LogP contribution >= 0.6 is 0 Å². The zero-order valence-corrected chi connectivity index (χ0v) is 23.4. The molecule has 1 unspecified atom stereocenters. The number of amides is 1. The molecule has 2 heterocycles. The normalized spacial score (nSPS) is 18.7. The van der Waals surface area contributed by atoms with Gasteiger partial charge in [-0.3, -0.25) is 4.79 Å². The Morgan fingerprint density at radius 2 is 1.95 bits per heavy atom. The summed E-state index contributed by atoms with van der Waals surface area (Å²) in [5.74, 6) is 0.277. The molecule has 0 saturated carbocycles. The summed E-state index contributed by atoms with van der Waals surface area (Å²) >= 11 is 0. The minimum absolute atomic E-state index is 0.0346. The highest BCUT2D eigenvalue weighted by atomic mass is 19.1. The summed E-state index contributed by atoms with van der Waals surface area (Å²) in [5, 5.41) is 0. The fourth-order valence-corrected chi connectivity index (χ4v) is 5.27. The average Bonchev–Trinajstić information content (AvgIpc) is 3.07. The quantitative estimate of drug-likeness (QED) is 0.412. The van der Waals surface area contributed by atoms with Gasteiger partial charge in [-0.2, -0.15) is 0 Å². The lowest BCUT2D eigenvalue weighted by atomic mass is 9.98. The van der Waals surface area contributed by atoms with E-state index in [9.17, 15) is 4.79 Å². The molecule has 0 aliphatic carbocycles. The Hall–Kier alpha value is -3.73. The van der Waals surface area contributed by atoms with E-state index in [1.807, 2.05) is 80.1 Å². The number of carbonyl (C=O) groups excluding carboxylic acids is 1. The largest absolute Gasteiger partial charge is 0.333 e. The van der Waals surface area contributed by atoms with Crippen LogP contribution in [0.2, 0.25) is 0 Å². The first kappa shape index (κ1) is 27.3. The van der Waals surface area contributed by atoms with E-state index >= 15 is 4.39 Å². The number of halogens is 1. The zero-order valence-electron chi connectivity index (χ0n) is 23.4. The third kappa shape index (κ3) is 5.57. The van der Waals surface area contributed by atoms with Crippen LogP contribution in [-0.4, -0.2) is 35.0 Å². The molecule has 2 aliphatic heterocycles. The highest BCUT2D eigenvalue weighted by Gasteiger charge is 2.30. The molecular formula is C33H38FN3O. The van der Waals surface area contributed by atoms with Crippen molar-refractivity contribution in [1.29, 1.82) is 0 Å². The molecule has 1 amide bonds. The summed E-state index contributed by atoms with van der Waals surface area (Å²) in [7, 11) is 1.95. The molecule has 4 nitrogen and oxygen atoms in total. The number of nitrogens with zero attached hydrogens (tertiary/aromatic N) is 3. The van der Waals surface area contributed by atoms with Crippen LogP contribution in [0.25, 0.3) is 11.6 Å². The van der Waals surface area contributed by atoms with Gasteiger partial charge in [-0.25, -0.2) is 9.38 Å². The Bertz CT molecular complexity index is 1370. The van der Waals surface area contributed by atoms with E-state index in [1.165, 1.54) is 11.1 Å². The van der Waals surface area contributed by atoms with Crippen LogP contribution in [0.3, 0.4) is 0 Å². The van der Waals surface area contributed by atoms with Crippen molar-refractivity contribution in [2.45, 2.75) is 59.9 Å². The number of fused-ring (bicyclic) bond motifs is 1. The molecule has 0 N–H and O–H groups in total. The number of allylic oxidation sites excluding steroid dienone is 5. The van der Waals surface area contributed by atoms with Gasteiger partial charge in [-0.1, -0.05) is 61.0 Å². The van der Waals surface area contributed by atoms with E-state index in [-0.39, 0.29) is 17.8 Å². The molecule has 0 aromatic heterocycles. The van der Waals surface area contributed by atoms with Crippen LogP contribution in [0.5, 0.6) is 0 Å². The molecule has 4 rings (SSSR count). The number of rotatable bonds is 5. The predicted octanol–water partition coefficient (Wildman–Crippen LogP) is 7.71. The first-order valence-electron chi connectivity index (χ1n) is 13.5. The zero-order chi connectivity index (χ0) is 27.4. The van der Waals surface area contributed by atoms with Crippen molar-refractivity contribution in [1.82, 2.24) is 9.80 Å². The Morgan fingerprint density at radius 1 is 1.18 bits per heavy atom. The predicted molar refractivity (Wildman–Crippen MR) is 156 cm³/mol. The number of benzene rings is 2. The fourth-order valence-electron chi connectivity index (χ4n) is 5.27. The molecule has 0 fully saturated rings. The van der Waals surface area contributed by atoms with Crippen LogP contribution in [0.1, 0.15) is 75.8 Å². The minimum Gasteiger partial charge on any atom is -0.333 e. The van der Waals surface area contributed by atoms with Gasteiger partial charge in [0.05, 0.1) is 6.04 Å². The van der Waals surface area contributed by atoms with Crippen LogP contribution in [-0.2, 0) is 11.2 Å². The third-order valence-electron chi connectivity index (χ3n) is 7.43.